The monoisotopic (exact) mass is 441 g/mol. The summed E-state index contributed by atoms with van der Waals surface area (Å²) >= 11 is 1.45. The van der Waals surface area contributed by atoms with Gasteiger partial charge in [0.05, 0.1) is 31.8 Å². The molecule has 0 aliphatic heterocycles. The third-order valence-electron chi connectivity index (χ3n) is 4.77. The lowest BCUT2D eigenvalue weighted by Crippen LogP contribution is -2.36. The second-order valence-corrected chi connectivity index (χ2v) is 8.04. The van der Waals surface area contributed by atoms with Crippen molar-refractivity contribution in [3.8, 4) is 29.2 Å². The Morgan fingerprint density at radius 1 is 1.35 bits per heavy atom. The Bertz CT molecular complexity index is 1080. The van der Waals surface area contributed by atoms with Gasteiger partial charge in [-0.3, -0.25) is 9.69 Å². The van der Waals surface area contributed by atoms with Crippen LogP contribution in [0.15, 0.2) is 34.4 Å². The topological polar surface area (TPSA) is 87.7 Å². The van der Waals surface area contributed by atoms with E-state index in [1.807, 2.05) is 34.5 Å². The Balaban J connectivity index is 1.79. The summed E-state index contributed by atoms with van der Waals surface area (Å²) in [4.78, 5) is 23.2. The van der Waals surface area contributed by atoms with E-state index in [1.54, 1.807) is 7.11 Å². The smallest absolute Gasteiger partial charge is 0.260 e. The van der Waals surface area contributed by atoms with Gasteiger partial charge in [-0.2, -0.15) is 0 Å². The maximum Gasteiger partial charge on any atom is 0.260 e. The van der Waals surface area contributed by atoms with Gasteiger partial charge < -0.3 is 19.6 Å². The molecule has 31 heavy (non-hydrogen) atoms. The molecule has 0 aliphatic carbocycles. The number of hydrogen-bond donors (Lipinski definition) is 2. The Morgan fingerprint density at radius 3 is 2.81 bits per heavy atom. The van der Waals surface area contributed by atoms with Crippen LogP contribution in [-0.4, -0.2) is 59.5 Å². The molecule has 1 atom stereocenters. The van der Waals surface area contributed by atoms with E-state index in [2.05, 4.69) is 22.8 Å². The molecule has 0 saturated carbocycles. The minimum Gasteiger partial charge on any atom is -0.497 e. The molecule has 1 unspecified atom stereocenters. The van der Waals surface area contributed by atoms with E-state index < -0.39 is 6.10 Å². The molecule has 3 aromatic rings. The number of ether oxygens (including phenoxy) is 2. The lowest BCUT2D eigenvalue weighted by Gasteiger charge is -2.23. The Morgan fingerprint density at radius 2 is 2.13 bits per heavy atom. The van der Waals surface area contributed by atoms with Crippen molar-refractivity contribution in [1.82, 2.24) is 14.9 Å². The van der Waals surface area contributed by atoms with Gasteiger partial charge >= 0.3 is 0 Å². The number of aliphatic hydroxyl groups is 1. The molecule has 0 saturated heterocycles. The fourth-order valence-corrected chi connectivity index (χ4v) is 4.39. The van der Waals surface area contributed by atoms with E-state index in [1.165, 1.54) is 11.3 Å². The summed E-state index contributed by atoms with van der Waals surface area (Å²) < 4.78 is 10.4. The van der Waals surface area contributed by atoms with Crippen LogP contribution < -0.4 is 10.3 Å². The zero-order valence-corrected chi connectivity index (χ0v) is 18.6. The summed E-state index contributed by atoms with van der Waals surface area (Å²) in [6.45, 7) is 4.00. The van der Waals surface area contributed by atoms with Gasteiger partial charge in [-0.05, 0) is 30.7 Å². The molecule has 0 bridgehead atoms. The number of rotatable bonds is 11. The van der Waals surface area contributed by atoms with E-state index in [0.717, 1.165) is 29.8 Å². The molecule has 2 N–H and O–H groups in total. The number of aromatic nitrogens is 2. The third-order valence-corrected chi connectivity index (χ3v) is 5.64. The van der Waals surface area contributed by atoms with Crippen LogP contribution in [0.4, 0.5) is 0 Å². The van der Waals surface area contributed by atoms with E-state index >= 15 is 0 Å². The van der Waals surface area contributed by atoms with Gasteiger partial charge in [0.15, 0.2) is 0 Å². The van der Waals surface area contributed by atoms with E-state index in [-0.39, 0.29) is 18.8 Å². The van der Waals surface area contributed by atoms with Crippen molar-refractivity contribution in [2.75, 3.05) is 33.4 Å². The molecule has 8 heteroatoms. The highest BCUT2D eigenvalue weighted by atomic mass is 32.1. The highest BCUT2D eigenvalue weighted by molar-refractivity contribution is 7.17. The van der Waals surface area contributed by atoms with E-state index in [0.29, 0.717) is 29.1 Å². The van der Waals surface area contributed by atoms with Crippen LogP contribution in [0.5, 0.6) is 5.75 Å². The number of nitrogens with zero attached hydrogens (tertiary/aromatic N) is 2. The van der Waals surface area contributed by atoms with Crippen molar-refractivity contribution < 1.29 is 14.6 Å². The van der Waals surface area contributed by atoms with Crippen LogP contribution in [0, 0.1) is 12.3 Å². The Hall–Kier alpha value is -2.70. The fourth-order valence-electron chi connectivity index (χ4n) is 3.42. The van der Waals surface area contributed by atoms with Crippen LogP contribution in [0.1, 0.15) is 19.2 Å². The van der Waals surface area contributed by atoms with Gasteiger partial charge in [-0.15, -0.1) is 17.8 Å². The van der Waals surface area contributed by atoms with Crippen molar-refractivity contribution in [1.29, 1.82) is 0 Å². The maximum atomic E-state index is 12.9. The number of benzene rings is 1. The SMILES string of the molecule is C#CCOCC(O)CN(CCC)Cc1nc2scc(-c3ccc(OC)cc3)c2c(=O)[nH]1. The summed E-state index contributed by atoms with van der Waals surface area (Å²) in [6.07, 6.45) is 5.40. The van der Waals surface area contributed by atoms with Gasteiger partial charge in [0, 0.05) is 17.5 Å². The number of aromatic amines is 1. The summed E-state index contributed by atoms with van der Waals surface area (Å²) in [5, 5.41) is 12.7. The number of H-pyrrole nitrogens is 1. The zero-order chi connectivity index (χ0) is 22.2. The van der Waals surface area contributed by atoms with Gasteiger partial charge in [-0.1, -0.05) is 25.0 Å². The first kappa shape index (κ1) is 23.0. The lowest BCUT2D eigenvalue weighted by molar-refractivity contribution is 0.0256. The predicted molar refractivity (Wildman–Crippen MR) is 123 cm³/mol. The van der Waals surface area contributed by atoms with Crippen LogP contribution in [0.25, 0.3) is 21.3 Å². The van der Waals surface area contributed by atoms with Crippen LogP contribution in [0.2, 0.25) is 0 Å². The molecule has 0 spiro atoms. The molecular weight excluding hydrogens is 414 g/mol. The summed E-state index contributed by atoms with van der Waals surface area (Å²) in [6, 6.07) is 7.60. The molecule has 0 aliphatic rings. The summed E-state index contributed by atoms with van der Waals surface area (Å²) in [7, 11) is 1.62. The quantitative estimate of drug-likeness (QED) is 0.351. The van der Waals surface area contributed by atoms with Gasteiger partial charge in [0.2, 0.25) is 0 Å². The largest absolute Gasteiger partial charge is 0.497 e. The highest BCUT2D eigenvalue weighted by Crippen LogP contribution is 2.31. The molecule has 0 fully saturated rings. The number of thiophene rings is 1. The van der Waals surface area contributed by atoms with E-state index in [9.17, 15) is 9.90 Å². The zero-order valence-electron chi connectivity index (χ0n) is 17.8. The minimum absolute atomic E-state index is 0.165. The highest BCUT2D eigenvalue weighted by Gasteiger charge is 2.16. The second kappa shape index (κ2) is 11.1. The van der Waals surface area contributed by atoms with Crippen molar-refractivity contribution in [2.45, 2.75) is 26.0 Å². The molecule has 7 nitrogen and oxygen atoms in total. The molecule has 1 aromatic carbocycles. The van der Waals surface area contributed by atoms with Gasteiger partial charge in [0.1, 0.15) is 23.0 Å². The molecule has 2 aromatic heterocycles. The lowest BCUT2D eigenvalue weighted by atomic mass is 10.1. The first-order valence-corrected chi connectivity index (χ1v) is 11.0. The van der Waals surface area contributed by atoms with Crippen molar-refractivity contribution in [2.24, 2.45) is 0 Å². The average molecular weight is 442 g/mol. The maximum absolute atomic E-state index is 12.9. The third kappa shape index (κ3) is 5.93. The first-order chi connectivity index (χ1) is 15.0. The predicted octanol–water partition coefficient (Wildman–Crippen LogP) is 2.88. The number of aliphatic hydroxyl groups excluding tert-OH is 1. The summed E-state index contributed by atoms with van der Waals surface area (Å²) in [5.74, 6) is 3.72. The normalized spacial score (nSPS) is 12.2. The Kier molecular flexibility index (Phi) is 8.20. The van der Waals surface area contributed by atoms with Gasteiger partial charge in [0.25, 0.3) is 5.56 Å². The molecular formula is C23H27N3O4S. The standard InChI is InChI=1S/C23H27N3O4S/c1-4-10-26(12-17(27)14-30-11-5-2)13-20-24-22(28)21-19(15-31-23(21)25-20)16-6-8-18(29-3)9-7-16/h2,6-9,15,17,27H,4,10-14H2,1,3H3,(H,24,25,28). The Labute approximate surface area is 185 Å². The van der Waals surface area contributed by atoms with E-state index in [4.69, 9.17) is 15.9 Å². The number of nitrogens with one attached hydrogen (secondary N) is 1. The molecule has 2 heterocycles. The van der Waals surface area contributed by atoms with Crippen LogP contribution in [0.3, 0.4) is 0 Å². The van der Waals surface area contributed by atoms with Crippen molar-refractivity contribution in [3.63, 3.8) is 0 Å². The van der Waals surface area contributed by atoms with Gasteiger partial charge in [-0.25, -0.2) is 4.98 Å². The number of terminal acetylenes is 1. The molecule has 0 radical (unpaired) electrons. The first-order valence-electron chi connectivity index (χ1n) is 10.1. The number of fused-ring (bicyclic) bond motifs is 1. The number of methoxy groups -OCH3 is 1. The number of hydrogen-bond acceptors (Lipinski definition) is 7. The van der Waals surface area contributed by atoms with Crippen molar-refractivity contribution in [3.05, 3.63) is 45.8 Å². The average Bonchev–Trinajstić information content (AvgIpc) is 3.18. The molecule has 0 amide bonds. The van der Waals surface area contributed by atoms with Crippen LogP contribution in [-0.2, 0) is 11.3 Å². The molecule has 3 rings (SSSR count). The second-order valence-electron chi connectivity index (χ2n) is 7.18. The summed E-state index contributed by atoms with van der Waals surface area (Å²) in [5.41, 5.74) is 1.63. The van der Waals surface area contributed by atoms with Crippen LogP contribution >= 0.6 is 11.3 Å². The minimum atomic E-state index is -0.668. The fraction of sp³-hybridized carbons (Fsp3) is 0.391. The van der Waals surface area contributed by atoms with Crippen molar-refractivity contribution >= 4 is 21.6 Å². The molecule has 164 valence electrons.